The first kappa shape index (κ1) is 19.5. The minimum absolute atomic E-state index is 0.0187. The van der Waals surface area contributed by atoms with E-state index < -0.39 is 0 Å². The molecule has 0 aliphatic carbocycles. The maximum atomic E-state index is 12.8. The summed E-state index contributed by atoms with van der Waals surface area (Å²) in [4.78, 5) is 14.7. The summed E-state index contributed by atoms with van der Waals surface area (Å²) in [5.74, 6) is 0.823. The Bertz CT molecular complexity index is 778. The summed E-state index contributed by atoms with van der Waals surface area (Å²) in [6.07, 6.45) is 1.89. The molecule has 0 saturated carbocycles. The van der Waals surface area contributed by atoms with Crippen molar-refractivity contribution in [1.29, 1.82) is 0 Å². The van der Waals surface area contributed by atoms with Crippen molar-refractivity contribution in [2.45, 2.75) is 12.8 Å². The molecule has 2 aromatic rings. The fourth-order valence-corrected chi connectivity index (χ4v) is 3.48. The fraction of sp³-hybridized carbons (Fsp3) is 0.381. The fourth-order valence-electron chi connectivity index (χ4n) is 3.35. The van der Waals surface area contributed by atoms with E-state index in [0.29, 0.717) is 43.5 Å². The van der Waals surface area contributed by atoms with E-state index in [2.05, 4.69) is 0 Å². The molecule has 6 heteroatoms. The molecule has 1 N–H and O–H groups in total. The lowest BCUT2D eigenvalue weighted by Crippen LogP contribution is -2.29. The van der Waals surface area contributed by atoms with E-state index in [4.69, 9.17) is 21.1 Å². The van der Waals surface area contributed by atoms with E-state index in [1.165, 1.54) is 17.7 Å². The molecule has 3 rings (SSSR count). The van der Waals surface area contributed by atoms with Gasteiger partial charge in [0.2, 0.25) is 0 Å². The minimum atomic E-state index is -0.0823. The van der Waals surface area contributed by atoms with Crippen molar-refractivity contribution in [2.75, 3.05) is 33.4 Å². The van der Waals surface area contributed by atoms with Gasteiger partial charge in [-0.05, 0) is 48.6 Å². The lowest BCUT2D eigenvalue weighted by Gasteiger charge is -2.17. The highest BCUT2D eigenvalue weighted by Crippen LogP contribution is 2.27. The van der Waals surface area contributed by atoms with Crippen LogP contribution < -0.4 is 4.74 Å². The van der Waals surface area contributed by atoms with Gasteiger partial charge in [-0.1, -0.05) is 23.7 Å². The highest BCUT2D eigenvalue weighted by molar-refractivity contribution is 6.30. The Morgan fingerprint density at radius 1 is 1.22 bits per heavy atom. The van der Waals surface area contributed by atoms with Crippen molar-refractivity contribution < 1.29 is 19.4 Å². The number of halogens is 1. The maximum absolute atomic E-state index is 12.8. The number of phenolic OH excluding ortho intramolecular Hbond substituents is 1. The van der Waals surface area contributed by atoms with Crippen molar-refractivity contribution in [3.63, 3.8) is 0 Å². The first-order chi connectivity index (χ1) is 13.0. The first-order valence-corrected chi connectivity index (χ1v) is 9.42. The molecule has 0 bridgehead atoms. The lowest BCUT2D eigenvalue weighted by molar-refractivity contribution is 0.0786. The van der Waals surface area contributed by atoms with E-state index in [1.54, 1.807) is 13.2 Å². The number of hydrogen-bond donors (Lipinski definition) is 1. The lowest BCUT2D eigenvalue weighted by atomic mass is 9.99. The standard InChI is InChI=1S/C21H24ClNO4/c1-26-8-9-27-20-12-17(11-19(24)13-20)21(25)23-7-6-16(14-23)10-15-2-4-18(22)5-3-15/h2-5,11-13,16,24H,6-10,14H2,1H3. The SMILES string of the molecule is COCCOc1cc(O)cc(C(=O)N2CCC(Cc3ccc(Cl)cc3)C2)c1. The van der Waals surface area contributed by atoms with Crippen molar-refractivity contribution in [1.82, 2.24) is 4.90 Å². The van der Waals surface area contributed by atoms with Crippen molar-refractivity contribution in [2.24, 2.45) is 5.92 Å². The van der Waals surface area contributed by atoms with E-state index in [0.717, 1.165) is 17.9 Å². The molecule has 27 heavy (non-hydrogen) atoms. The zero-order chi connectivity index (χ0) is 19.2. The van der Waals surface area contributed by atoms with Crippen molar-refractivity contribution in [3.05, 3.63) is 58.6 Å². The van der Waals surface area contributed by atoms with Crippen LogP contribution in [0.4, 0.5) is 0 Å². The number of benzene rings is 2. The van der Waals surface area contributed by atoms with Gasteiger partial charge in [0.1, 0.15) is 18.1 Å². The van der Waals surface area contributed by atoms with Gasteiger partial charge < -0.3 is 19.5 Å². The predicted octanol–water partition coefficient (Wildman–Crippen LogP) is 3.78. The first-order valence-electron chi connectivity index (χ1n) is 9.04. The summed E-state index contributed by atoms with van der Waals surface area (Å²) < 4.78 is 10.5. The molecule has 144 valence electrons. The second kappa shape index (κ2) is 9.11. The molecule has 1 aliphatic heterocycles. The minimum Gasteiger partial charge on any atom is -0.508 e. The summed E-state index contributed by atoms with van der Waals surface area (Å²) in [6.45, 7) is 2.22. The zero-order valence-corrected chi connectivity index (χ0v) is 16.1. The third-order valence-electron chi connectivity index (χ3n) is 4.71. The Balaban J connectivity index is 1.61. The summed E-state index contributed by atoms with van der Waals surface area (Å²) in [7, 11) is 1.59. The second-order valence-corrected chi connectivity index (χ2v) is 7.23. The van der Waals surface area contributed by atoms with Crippen LogP contribution in [0, 0.1) is 5.92 Å². The normalized spacial score (nSPS) is 16.5. The number of rotatable bonds is 7. The molecule has 0 spiro atoms. The number of carbonyl (C=O) groups excluding carboxylic acids is 1. The van der Waals surface area contributed by atoms with Gasteiger partial charge in [0.05, 0.1) is 6.61 Å². The molecule has 5 nitrogen and oxygen atoms in total. The Morgan fingerprint density at radius 3 is 2.74 bits per heavy atom. The van der Waals surface area contributed by atoms with Crippen LogP contribution in [0.2, 0.25) is 5.02 Å². The van der Waals surface area contributed by atoms with Gasteiger partial charge in [-0.15, -0.1) is 0 Å². The molecule has 0 radical (unpaired) electrons. The van der Waals surface area contributed by atoms with Crippen LogP contribution in [0.15, 0.2) is 42.5 Å². The van der Waals surface area contributed by atoms with Gasteiger partial charge in [0.15, 0.2) is 0 Å². The molecule has 1 heterocycles. The predicted molar refractivity (Wildman–Crippen MR) is 105 cm³/mol. The van der Waals surface area contributed by atoms with E-state index in [-0.39, 0.29) is 11.7 Å². The molecule has 1 saturated heterocycles. The molecule has 1 amide bonds. The van der Waals surface area contributed by atoms with Crippen molar-refractivity contribution >= 4 is 17.5 Å². The van der Waals surface area contributed by atoms with Crippen LogP contribution in [0.25, 0.3) is 0 Å². The summed E-state index contributed by atoms with van der Waals surface area (Å²) in [5, 5.41) is 10.6. The average Bonchev–Trinajstić information content (AvgIpc) is 3.11. The molecule has 1 atom stereocenters. The third kappa shape index (κ3) is 5.37. The molecule has 1 aliphatic rings. The van der Waals surface area contributed by atoms with E-state index >= 15 is 0 Å². The summed E-state index contributed by atoms with van der Waals surface area (Å²) >= 11 is 5.94. The van der Waals surface area contributed by atoms with Crippen LogP contribution in [-0.2, 0) is 11.2 Å². The third-order valence-corrected chi connectivity index (χ3v) is 4.96. The van der Waals surface area contributed by atoms with Gasteiger partial charge in [0.25, 0.3) is 5.91 Å². The van der Waals surface area contributed by atoms with Crippen LogP contribution in [0.1, 0.15) is 22.3 Å². The van der Waals surface area contributed by atoms with E-state index in [9.17, 15) is 9.90 Å². The van der Waals surface area contributed by atoms with Gasteiger partial charge in [-0.2, -0.15) is 0 Å². The molecule has 0 aromatic heterocycles. The zero-order valence-electron chi connectivity index (χ0n) is 15.4. The van der Waals surface area contributed by atoms with Gasteiger partial charge in [-0.25, -0.2) is 0 Å². The smallest absolute Gasteiger partial charge is 0.254 e. The summed E-state index contributed by atoms with van der Waals surface area (Å²) in [6, 6.07) is 12.5. The van der Waals surface area contributed by atoms with Gasteiger partial charge in [-0.3, -0.25) is 4.79 Å². The molecule has 1 fully saturated rings. The highest BCUT2D eigenvalue weighted by atomic mass is 35.5. The number of likely N-dealkylation sites (tertiary alicyclic amines) is 1. The molecule has 2 aromatic carbocycles. The number of nitrogens with zero attached hydrogens (tertiary/aromatic N) is 1. The van der Waals surface area contributed by atoms with Crippen LogP contribution in [0.3, 0.4) is 0 Å². The maximum Gasteiger partial charge on any atom is 0.254 e. The molecular formula is C21H24ClNO4. The quantitative estimate of drug-likeness (QED) is 0.732. The number of phenols is 1. The topological polar surface area (TPSA) is 59.0 Å². The van der Waals surface area contributed by atoms with E-state index in [1.807, 2.05) is 29.2 Å². The number of hydrogen-bond acceptors (Lipinski definition) is 4. The van der Waals surface area contributed by atoms with Crippen molar-refractivity contribution in [3.8, 4) is 11.5 Å². The molecule has 1 unspecified atom stereocenters. The monoisotopic (exact) mass is 389 g/mol. The Labute approximate surface area is 164 Å². The van der Waals surface area contributed by atoms with Crippen LogP contribution >= 0.6 is 11.6 Å². The highest BCUT2D eigenvalue weighted by Gasteiger charge is 2.27. The molecular weight excluding hydrogens is 366 g/mol. The summed E-state index contributed by atoms with van der Waals surface area (Å²) in [5.41, 5.74) is 1.67. The number of carbonyl (C=O) groups is 1. The van der Waals surface area contributed by atoms with Gasteiger partial charge >= 0.3 is 0 Å². The number of amides is 1. The Kier molecular flexibility index (Phi) is 6.58. The number of aromatic hydroxyl groups is 1. The largest absolute Gasteiger partial charge is 0.508 e. The second-order valence-electron chi connectivity index (χ2n) is 6.79. The van der Waals surface area contributed by atoms with Crippen LogP contribution in [-0.4, -0.2) is 49.3 Å². The van der Waals surface area contributed by atoms with Gasteiger partial charge in [0, 0.05) is 36.9 Å². The van der Waals surface area contributed by atoms with Crippen LogP contribution in [0.5, 0.6) is 11.5 Å². The Morgan fingerprint density at radius 2 is 2.00 bits per heavy atom. The average molecular weight is 390 g/mol. The Hall–Kier alpha value is -2.24. The number of ether oxygens (including phenoxy) is 2. The number of methoxy groups -OCH3 is 1.